The summed E-state index contributed by atoms with van der Waals surface area (Å²) < 4.78 is 0. The van der Waals surface area contributed by atoms with Crippen LogP contribution in [0.3, 0.4) is 0 Å². The van der Waals surface area contributed by atoms with Gasteiger partial charge in [-0.2, -0.15) is 0 Å². The van der Waals surface area contributed by atoms with Crippen LogP contribution in [0.25, 0.3) is 0 Å². The lowest BCUT2D eigenvalue weighted by molar-refractivity contribution is 0.0983. The molecule has 0 aromatic heterocycles. The molecule has 0 saturated heterocycles. The van der Waals surface area contributed by atoms with E-state index >= 15 is 0 Å². The van der Waals surface area contributed by atoms with Gasteiger partial charge in [-0.05, 0) is 55.2 Å². The number of halogens is 1. The number of phenolic OH excluding ortho intramolecular Hbond substituents is 1. The van der Waals surface area contributed by atoms with Gasteiger partial charge in [0.05, 0.1) is 5.69 Å². The fourth-order valence-corrected chi connectivity index (χ4v) is 3.07. The number of amides is 1. The van der Waals surface area contributed by atoms with Crippen LogP contribution in [0.1, 0.15) is 27.9 Å². The first kappa shape index (κ1) is 14.0. The normalized spacial score (nSPS) is 13.9. The Labute approximate surface area is 128 Å². The molecule has 4 heteroatoms. The summed E-state index contributed by atoms with van der Waals surface area (Å²) in [6, 6.07) is 10.6. The van der Waals surface area contributed by atoms with E-state index in [-0.39, 0.29) is 11.7 Å². The van der Waals surface area contributed by atoms with Crippen LogP contribution in [0.2, 0.25) is 5.02 Å². The Hall–Kier alpha value is -2.00. The number of benzene rings is 2. The van der Waals surface area contributed by atoms with Gasteiger partial charge in [-0.25, -0.2) is 0 Å². The lowest BCUT2D eigenvalue weighted by atomic mass is 9.99. The molecule has 2 aromatic carbocycles. The minimum Gasteiger partial charge on any atom is -0.506 e. The second-order valence-corrected chi connectivity index (χ2v) is 5.74. The van der Waals surface area contributed by atoms with Gasteiger partial charge in [0.15, 0.2) is 0 Å². The highest BCUT2D eigenvalue weighted by molar-refractivity contribution is 6.30. The van der Waals surface area contributed by atoms with Crippen molar-refractivity contribution in [3.63, 3.8) is 0 Å². The lowest BCUT2D eigenvalue weighted by Crippen LogP contribution is -2.35. The van der Waals surface area contributed by atoms with Crippen LogP contribution in [0.15, 0.2) is 36.4 Å². The van der Waals surface area contributed by atoms with Crippen LogP contribution in [-0.2, 0) is 6.42 Å². The van der Waals surface area contributed by atoms with E-state index in [0.29, 0.717) is 22.8 Å². The van der Waals surface area contributed by atoms with Crippen LogP contribution < -0.4 is 4.90 Å². The Balaban J connectivity index is 2.04. The first-order chi connectivity index (χ1) is 10.1. The van der Waals surface area contributed by atoms with E-state index in [0.717, 1.165) is 24.0 Å². The number of carbonyl (C=O) groups excluding carboxylic acids is 1. The third kappa shape index (κ3) is 2.49. The Bertz CT molecular complexity index is 712. The fourth-order valence-electron chi connectivity index (χ4n) is 2.85. The molecule has 1 aliphatic heterocycles. The van der Waals surface area contributed by atoms with E-state index in [1.807, 2.05) is 19.1 Å². The van der Waals surface area contributed by atoms with Gasteiger partial charge in [-0.15, -0.1) is 0 Å². The number of hydrogen-bond acceptors (Lipinski definition) is 2. The maximum absolute atomic E-state index is 12.8. The van der Waals surface area contributed by atoms with Crippen molar-refractivity contribution >= 4 is 23.2 Å². The van der Waals surface area contributed by atoms with Crippen molar-refractivity contribution in [2.24, 2.45) is 0 Å². The first-order valence-electron chi connectivity index (χ1n) is 6.97. The smallest absolute Gasteiger partial charge is 0.258 e. The lowest BCUT2D eigenvalue weighted by Gasteiger charge is -2.30. The number of hydrogen-bond donors (Lipinski definition) is 1. The molecule has 0 atom stereocenters. The monoisotopic (exact) mass is 301 g/mol. The average Bonchev–Trinajstić information content (AvgIpc) is 2.46. The standard InChI is InChI=1S/C17H16ClNO2/c1-11-10-13(18)7-8-14(11)17(21)19-9-3-5-12-4-2-6-15(20)16(12)19/h2,4,6-8,10,20H,3,5,9H2,1H3. The van der Waals surface area contributed by atoms with Crippen molar-refractivity contribution in [2.45, 2.75) is 19.8 Å². The summed E-state index contributed by atoms with van der Waals surface area (Å²) >= 11 is 5.95. The van der Waals surface area contributed by atoms with Crippen molar-refractivity contribution in [1.29, 1.82) is 0 Å². The first-order valence-corrected chi connectivity index (χ1v) is 7.34. The third-order valence-electron chi connectivity index (χ3n) is 3.86. The van der Waals surface area contributed by atoms with E-state index < -0.39 is 0 Å². The van der Waals surface area contributed by atoms with Gasteiger partial charge in [0.2, 0.25) is 0 Å². The van der Waals surface area contributed by atoms with Gasteiger partial charge in [-0.3, -0.25) is 4.79 Å². The topological polar surface area (TPSA) is 40.5 Å². The molecule has 1 amide bonds. The summed E-state index contributed by atoms with van der Waals surface area (Å²) in [5, 5.41) is 10.7. The molecule has 1 heterocycles. The second kappa shape index (κ2) is 5.41. The molecular weight excluding hydrogens is 286 g/mol. The van der Waals surface area contributed by atoms with E-state index in [1.165, 1.54) is 0 Å². The Morgan fingerprint density at radius 3 is 2.86 bits per heavy atom. The van der Waals surface area contributed by atoms with E-state index in [2.05, 4.69) is 0 Å². The molecule has 21 heavy (non-hydrogen) atoms. The zero-order valence-electron chi connectivity index (χ0n) is 11.8. The summed E-state index contributed by atoms with van der Waals surface area (Å²) in [5.74, 6) is 0.0683. The summed E-state index contributed by atoms with van der Waals surface area (Å²) in [6.07, 6.45) is 1.78. The number of carbonyl (C=O) groups is 1. The molecule has 3 rings (SSSR count). The minimum absolute atomic E-state index is 0.0911. The maximum Gasteiger partial charge on any atom is 0.258 e. The number of fused-ring (bicyclic) bond motifs is 1. The molecule has 0 unspecified atom stereocenters. The molecule has 0 radical (unpaired) electrons. The molecule has 0 saturated carbocycles. The van der Waals surface area contributed by atoms with Gasteiger partial charge in [0, 0.05) is 17.1 Å². The molecule has 2 aromatic rings. The van der Waals surface area contributed by atoms with Crippen LogP contribution in [0, 0.1) is 6.92 Å². The maximum atomic E-state index is 12.8. The van der Waals surface area contributed by atoms with Crippen molar-refractivity contribution in [3.05, 3.63) is 58.1 Å². The van der Waals surface area contributed by atoms with Gasteiger partial charge < -0.3 is 10.0 Å². The van der Waals surface area contributed by atoms with Crippen molar-refractivity contribution in [2.75, 3.05) is 11.4 Å². The number of phenols is 1. The Morgan fingerprint density at radius 1 is 1.29 bits per heavy atom. The van der Waals surface area contributed by atoms with Crippen LogP contribution in [-0.4, -0.2) is 17.6 Å². The number of rotatable bonds is 1. The zero-order chi connectivity index (χ0) is 15.0. The largest absolute Gasteiger partial charge is 0.506 e. The van der Waals surface area contributed by atoms with Gasteiger partial charge in [0.1, 0.15) is 5.75 Å². The SMILES string of the molecule is Cc1cc(Cl)ccc1C(=O)N1CCCc2cccc(O)c21. The number of aryl methyl sites for hydroxylation is 2. The van der Waals surface area contributed by atoms with Crippen molar-refractivity contribution < 1.29 is 9.90 Å². The van der Waals surface area contributed by atoms with E-state index in [9.17, 15) is 9.90 Å². The van der Waals surface area contributed by atoms with Gasteiger partial charge in [-0.1, -0.05) is 23.7 Å². The molecule has 0 fully saturated rings. The molecule has 108 valence electrons. The highest BCUT2D eigenvalue weighted by Crippen LogP contribution is 2.36. The molecule has 0 aliphatic carbocycles. The number of aromatic hydroxyl groups is 1. The molecule has 0 bridgehead atoms. The molecule has 1 N–H and O–H groups in total. The quantitative estimate of drug-likeness (QED) is 0.866. The number of para-hydroxylation sites is 1. The average molecular weight is 302 g/mol. The minimum atomic E-state index is -0.0911. The highest BCUT2D eigenvalue weighted by Gasteiger charge is 2.26. The van der Waals surface area contributed by atoms with Crippen LogP contribution in [0.4, 0.5) is 5.69 Å². The van der Waals surface area contributed by atoms with Crippen LogP contribution in [0.5, 0.6) is 5.75 Å². The zero-order valence-corrected chi connectivity index (χ0v) is 12.5. The third-order valence-corrected chi connectivity index (χ3v) is 4.10. The van der Waals surface area contributed by atoms with Gasteiger partial charge in [0.25, 0.3) is 5.91 Å². The van der Waals surface area contributed by atoms with Crippen molar-refractivity contribution in [1.82, 2.24) is 0 Å². The summed E-state index contributed by atoms with van der Waals surface area (Å²) in [7, 11) is 0. The Morgan fingerprint density at radius 2 is 2.10 bits per heavy atom. The van der Waals surface area contributed by atoms with Crippen molar-refractivity contribution in [3.8, 4) is 5.75 Å². The van der Waals surface area contributed by atoms with E-state index in [1.54, 1.807) is 29.2 Å². The predicted octanol–water partition coefficient (Wildman–Crippen LogP) is 3.95. The fraction of sp³-hybridized carbons (Fsp3) is 0.235. The summed E-state index contributed by atoms with van der Waals surface area (Å²) in [4.78, 5) is 14.5. The second-order valence-electron chi connectivity index (χ2n) is 5.30. The van der Waals surface area contributed by atoms with Gasteiger partial charge >= 0.3 is 0 Å². The van der Waals surface area contributed by atoms with Crippen LogP contribution >= 0.6 is 11.6 Å². The predicted molar refractivity (Wildman–Crippen MR) is 84.3 cm³/mol. The molecule has 3 nitrogen and oxygen atoms in total. The number of nitrogens with zero attached hydrogens (tertiary/aromatic N) is 1. The molecule has 0 spiro atoms. The molecular formula is C17H16ClNO2. The van der Waals surface area contributed by atoms with E-state index in [4.69, 9.17) is 11.6 Å². The summed E-state index contributed by atoms with van der Waals surface area (Å²) in [6.45, 7) is 2.49. The Kier molecular flexibility index (Phi) is 3.60. The highest BCUT2D eigenvalue weighted by atomic mass is 35.5. The number of anilines is 1. The summed E-state index contributed by atoms with van der Waals surface area (Å²) in [5.41, 5.74) is 3.12. The molecule has 1 aliphatic rings.